The van der Waals surface area contributed by atoms with Crippen LogP contribution in [-0.2, 0) is 22.7 Å². The highest BCUT2D eigenvalue weighted by atomic mass is 79.9. The molecule has 6 rings (SSSR count). The predicted octanol–water partition coefficient (Wildman–Crippen LogP) is 10.1. The fourth-order valence-corrected chi connectivity index (χ4v) is 8.23. The number of Topliss-reactive ketones (excluding diaryl/α,β-unsaturated/α-hetero) is 2. The number of hydrogen-bond donors (Lipinski definition) is 0. The van der Waals surface area contributed by atoms with Gasteiger partial charge in [-0.05, 0) is 75.9 Å². The van der Waals surface area contributed by atoms with Crippen LogP contribution < -0.4 is 9.47 Å². The van der Waals surface area contributed by atoms with Crippen LogP contribution in [0.25, 0.3) is 0 Å². The molecule has 3 aromatic carbocycles. The van der Waals surface area contributed by atoms with Gasteiger partial charge < -0.3 is 14.4 Å². The summed E-state index contributed by atoms with van der Waals surface area (Å²) in [6, 6.07) is 22.3. The van der Waals surface area contributed by atoms with Gasteiger partial charge in [0.2, 0.25) is 0 Å². The minimum Gasteiger partial charge on any atom is -0.490 e. The molecule has 1 heterocycles. The maximum atomic E-state index is 14.3. The van der Waals surface area contributed by atoms with E-state index in [9.17, 15) is 9.59 Å². The Kier molecular flexibility index (Phi) is 9.12. The first-order valence-corrected chi connectivity index (χ1v) is 17.6. The highest BCUT2D eigenvalue weighted by Crippen LogP contribution is 2.56. The van der Waals surface area contributed by atoms with Crippen LogP contribution in [0.5, 0.6) is 11.5 Å². The van der Waals surface area contributed by atoms with Crippen molar-refractivity contribution in [3.8, 4) is 11.5 Å². The van der Waals surface area contributed by atoms with E-state index in [2.05, 4.69) is 76.6 Å². The highest BCUT2D eigenvalue weighted by Gasteiger charge is 2.49. The van der Waals surface area contributed by atoms with E-state index >= 15 is 0 Å². The lowest BCUT2D eigenvalue weighted by Crippen LogP contribution is -2.44. The number of carbonyl (C=O) groups excluding carboxylic acids is 2. The number of ether oxygens (including phenoxy) is 2. The Hall–Kier alpha value is -3.16. The lowest BCUT2D eigenvalue weighted by atomic mass is 9.63. The minimum absolute atomic E-state index is 0.113. The third-order valence-corrected chi connectivity index (χ3v) is 10.6. The van der Waals surface area contributed by atoms with Crippen LogP contribution in [0.3, 0.4) is 0 Å². The van der Waals surface area contributed by atoms with E-state index in [1.807, 2.05) is 61.5 Å². The fraction of sp³-hybridized carbons (Fsp3) is 0.385. The molecular weight excluding hydrogens is 706 g/mol. The number of nitrogens with zero attached hydrogens (tertiary/aromatic N) is 1. The first kappa shape index (κ1) is 32.8. The average molecular weight is 748 g/mol. The minimum atomic E-state index is -0.475. The molecule has 0 spiro atoms. The zero-order valence-electron chi connectivity index (χ0n) is 27.2. The molecule has 1 aliphatic heterocycles. The van der Waals surface area contributed by atoms with Crippen molar-refractivity contribution in [2.24, 2.45) is 10.8 Å². The molecule has 240 valence electrons. The van der Waals surface area contributed by atoms with Crippen molar-refractivity contribution in [1.29, 1.82) is 0 Å². The molecule has 0 N–H and O–H groups in total. The standard InChI is InChI=1S/C39H41Br2NO4/c1-6-45-33-17-26(16-28(41)37(33)46-23-25-14-10-11-15-27(25)40)34-35-29(18-38(2,3)20-31(35)43)42(22-24-12-8-7-9-13-24)30-19-39(4,5)21-32(44)36(30)34/h7-17,34H,6,18-23H2,1-5H3. The number of carbonyl (C=O) groups is 2. The van der Waals surface area contributed by atoms with Crippen LogP contribution in [0.15, 0.2) is 98.2 Å². The quantitative estimate of drug-likeness (QED) is 0.230. The van der Waals surface area contributed by atoms with E-state index in [-0.39, 0.29) is 22.4 Å². The summed E-state index contributed by atoms with van der Waals surface area (Å²) in [4.78, 5) is 30.9. The lowest BCUT2D eigenvalue weighted by molar-refractivity contribution is -0.119. The summed E-state index contributed by atoms with van der Waals surface area (Å²) in [6.07, 6.45) is 2.40. The third kappa shape index (κ3) is 6.50. The predicted molar refractivity (Wildman–Crippen MR) is 189 cm³/mol. The van der Waals surface area contributed by atoms with Crippen LogP contribution in [0.4, 0.5) is 0 Å². The van der Waals surface area contributed by atoms with Crippen molar-refractivity contribution in [2.75, 3.05) is 6.61 Å². The maximum absolute atomic E-state index is 14.3. The second-order valence-electron chi connectivity index (χ2n) is 14.3. The topological polar surface area (TPSA) is 55.8 Å². The molecule has 0 saturated carbocycles. The molecule has 46 heavy (non-hydrogen) atoms. The Balaban J connectivity index is 1.52. The molecule has 0 radical (unpaired) electrons. The Bertz CT molecular complexity index is 1700. The molecule has 0 aromatic heterocycles. The monoisotopic (exact) mass is 745 g/mol. The van der Waals surface area contributed by atoms with Crippen LogP contribution in [0, 0.1) is 10.8 Å². The summed E-state index contributed by atoms with van der Waals surface area (Å²) >= 11 is 7.41. The molecule has 0 amide bonds. The summed E-state index contributed by atoms with van der Waals surface area (Å²) in [5.74, 6) is 0.932. The average Bonchev–Trinajstić information content (AvgIpc) is 2.97. The van der Waals surface area contributed by atoms with E-state index in [1.54, 1.807) is 0 Å². The molecular formula is C39H41Br2NO4. The van der Waals surface area contributed by atoms with E-state index in [1.165, 1.54) is 0 Å². The Morgan fingerprint density at radius 1 is 0.761 bits per heavy atom. The summed E-state index contributed by atoms with van der Waals surface area (Å²) < 4.78 is 14.2. The zero-order valence-corrected chi connectivity index (χ0v) is 30.4. The first-order valence-electron chi connectivity index (χ1n) is 16.0. The summed E-state index contributed by atoms with van der Waals surface area (Å²) in [5, 5.41) is 0. The second kappa shape index (κ2) is 12.8. The number of ketones is 2. The number of benzene rings is 3. The zero-order chi connectivity index (χ0) is 32.8. The molecule has 0 fully saturated rings. The van der Waals surface area contributed by atoms with Crippen molar-refractivity contribution < 1.29 is 19.1 Å². The summed E-state index contributed by atoms with van der Waals surface area (Å²) in [5.41, 5.74) is 6.23. The SMILES string of the molecule is CCOc1cc(C2C3=C(CC(C)(C)CC3=O)N(Cc3ccccc3)C3=C2C(=O)CC(C)(C)C3)cc(Br)c1OCc1ccccc1Br. The van der Waals surface area contributed by atoms with Gasteiger partial charge in [-0.1, -0.05) is 92.2 Å². The third-order valence-electron chi connectivity index (χ3n) is 9.20. The first-order chi connectivity index (χ1) is 21.9. The molecule has 7 heteroatoms. The van der Waals surface area contributed by atoms with Gasteiger partial charge in [0.1, 0.15) is 6.61 Å². The van der Waals surface area contributed by atoms with Crippen LogP contribution in [-0.4, -0.2) is 23.1 Å². The van der Waals surface area contributed by atoms with Crippen molar-refractivity contribution in [2.45, 2.75) is 79.4 Å². The van der Waals surface area contributed by atoms with Gasteiger partial charge in [0, 0.05) is 57.9 Å². The van der Waals surface area contributed by atoms with E-state index in [0.717, 1.165) is 61.0 Å². The smallest absolute Gasteiger partial charge is 0.175 e. The lowest BCUT2D eigenvalue weighted by Gasteiger charge is -2.49. The maximum Gasteiger partial charge on any atom is 0.175 e. The molecule has 2 aliphatic carbocycles. The number of rotatable bonds is 8. The molecule has 3 aromatic rings. The van der Waals surface area contributed by atoms with E-state index in [0.29, 0.717) is 44.1 Å². The largest absolute Gasteiger partial charge is 0.490 e. The van der Waals surface area contributed by atoms with E-state index in [4.69, 9.17) is 9.47 Å². The molecule has 0 saturated heterocycles. The van der Waals surface area contributed by atoms with Gasteiger partial charge in [0.05, 0.1) is 11.1 Å². The van der Waals surface area contributed by atoms with Gasteiger partial charge in [-0.15, -0.1) is 0 Å². The molecule has 5 nitrogen and oxygen atoms in total. The van der Waals surface area contributed by atoms with Gasteiger partial charge in [-0.25, -0.2) is 0 Å². The fourth-order valence-electron chi connectivity index (χ4n) is 7.26. The van der Waals surface area contributed by atoms with Crippen molar-refractivity contribution in [3.05, 3.63) is 115 Å². The Morgan fingerprint density at radius 3 is 1.93 bits per heavy atom. The van der Waals surface area contributed by atoms with Crippen LogP contribution in [0.2, 0.25) is 0 Å². The molecule has 0 atom stereocenters. The van der Waals surface area contributed by atoms with Crippen LogP contribution >= 0.6 is 31.9 Å². The van der Waals surface area contributed by atoms with Crippen molar-refractivity contribution in [1.82, 2.24) is 4.90 Å². The molecule has 3 aliphatic rings. The van der Waals surface area contributed by atoms with Crippen LogP contribution in [0.1, 0.15) is 82.9 Å². The number of allylic oxidation sites excluding steroid dienone is 4. The van der Waals surface area contributed by atoms with E-state index < -0.39 is 5.92 Å². The Labute approximate surface area is 289 Å². The second-order valence-corrected chi connectivity index (χ2v) is 16.0. The van der Waals surface area contributed by atoms with Gasteiger partial charge in [0.15, 0.2) is 23.1 Å². The van der Waals surface area contributed by atoms with Crippen molar-refractivity contribution in [3.63, 3.8) is 0 Å². The number of halogens is 2. The summed E-state index contributed by atoms with van der Waals surface area (Å²) in [7, 11) is 0. The van der Waals surface area contributed by atoms with Gasteiger partial charge in [0.25, 0.3) is 0 Å². The molecule has 0 unspecified atom stereocenters. The molecule has 0 bridgehead atoms. The Morgan fingerprint density at radius 2 is 1.35 bits per heavy atom. The van der Waals surface area contributed by atoms with Gasteiger partial charge in [-0.3, -0.25) is 9.59 Å². The highest BCUT2D eigenvalue weighted by molar-refractivity contribution is 9.10. The normalized spacial score (nSPS) is 19.2. The van der Waals surface area contributed by atoms with Gasteiger partial charge in [-0.2, -0.15) is 0 Å². The van der Waals surface area contributed by atoms with Crippen molar-refractivity contribution >= 4 is 43.4 Å². The van der Waals surface area contributed by atoms with Gasteiger partial charge >= 0.3 is 0 Å². The summed E-state index contributed by atoms with van der Waals surface area (Å²) in [6.45, 7) is 12.0. The number of hydrogen-bond acceptors (Lipinski definition) is 5.